The molecule has 1 saturated carbocycles. The normalized spacial score (nSPS) is 19.3. The number of nitrogens with one attached hydrogen (secondary N) is 1. The molecule has 0 atom stereocenters. The van der Waals surface area contributed by atoms with Crippen LogP contribution in [0.4, 0.5) is 4.39 Å². The first-order chi connectivity index (χ1) is 15.8. The molecule has 1 N–H and O–H groups in total. The van der Waals surface area contributed by atoms with Crippen LogP contribution in [0.3, 0.4) is 0 Å². The summed E-state index contributed by atoms with van der Waals surface area (Å²) < 4.78 is 39.9. The highest BCUT2D eigenvalue weighted by Gasteiger charge is 2.29. The molecular weight excluding hydrogens is 477 g/mol. The van der Waals surface area contributed by atoms with E-state index in [9.17, 15) is 17.6 Å². The van der Waals surface area contributed by atoms with E-state index in [2.05, 4.69) is 31.1 Å². The Morgan fingerprint density at radius 3 is 2.41 bits per heavy atom. The minimum Gasteiger partial charge on any atom is -0.350 e. The number of hydrogen-bond acceptors (Lipinski definition) is 4. The lowest BCUT2D eigenvalue weighted by Gasteiger charge is -2.27. The first kappa shape index (κ1) is 26.7. The number of nitrogens with zero attached hydrogens (tertiary/aromatic N) is 2. The van der Waals surface area contributed by atoms with Crippen LogP contribution >= 0.6 is 11.6 Å². The van der Waals surface area contributed by atoms with Gasteiger partial charge < -0.3 is 5.32 Å². The summed E-state index contributed by atoms with van der Waals surface area (Å²) in [5.74, 6) is 0.105. The van der Waals surface area contributed by atoms with Gasteiger partial charge in [-0.25, -0.2) is 17.8 Å². The van der Waals surface area contributed by atoms with Crippen molar-refractivity contribution in [2.24, 2.45) is 11.3 Å². The van der Waals surface area contributed by atoms with Gasteiger partial charge in [-0.3, -0.25) is 9.36 Å². The number of aryl methyl sites for hydroxylation is 1. The van der Waals surface area contributed by atoms with Crippen LogP contribution in [0, 0.1) is 17.2 Å². The van der Waals surface area contributed by atoms with Crippen molar-refractivity contribution in [3.8, 4) is 5.69 Å². The molecule has 0 saturated heterocycles. The van der Waals surface area contributed by atoms with E-state index in [0.29, 0.717) is 49.3 Å². The molecule has 0 bridgehead atoms. The molecular formula is C25H35ClFN3O3S. The maximum absolute atomic E-state index is 14.8. The fourth-order valence-corrected chi connectivity index (χ4v) is 6.02. The first-order valence-corrected chi connectivity index (χ1v) is 14.2. The van der Waals surface area contributed by atoms with Crippen LogP contribution in [-0.4, -0.2) is 41.9 Å². The predicted molar refractivity (Wildman–Crippen MR) is 134 cm³/mol. The Bertz CT molecular complexity index is 1150. The van der Waals surface area contributed by atoms with Crippen LogP contribution in [0.1, 0.15) is 75.3 Å². The molecule has 3 rings (SSSR count). The number of rotatable bonds is 7. The summed E-state index contributed by atoms with van der Waals surface area (Å²) in [5, 5.41) is 2.77. The highest BCUT2D eigenvalue weighted by Crippen LogP contribution is 2.29. The van der Waals surface area contributed by atoms with Gasteiger partial charge in [-0.2, -0.15) is 0 Å². The number of benzene rings is 1. The van der Waals surface area contributed by atoms with Crippen LogP contribution in [0.5, 0.6) is 0 Å². The Balaban J connectivity index is 1.73. The number of carbonyl (C=O) groups is 1. The molecule has 1 aromatic carbocycles. The number of hydrogen-bond donors (Lipinski definition) is 1. The second kappa shape index (κ2) is 10.4. The molecule has 9 heteroatoms. The van der Waals surface area contributed by atoms with Crippen molar-refractivity contribution < 1.29 is 17.6 Å². The average Bonchev–Trinajstić information content (AvgIpc) is 3.08. The molecule has 6 nitrogen and oxygen atoms in total. The van der Waals surface area contributed by atoms with Gasteiger partial charge in [0.25, 0.3) is 5.91 Å². The van der Waals surface area contributed by atoms with Crippen LogP contribution in [-0.2, 0) is 22.7 Å². The SMILES string of the molecule is CCc1nc(C(=O)NCC2CCC(S(C)(=O)=O)CC2)c(Cl)n1-c1ccc(CC(C)(C)C)c(F)c1. The lowest BCUT2D eigenvalue weighted by atomic mass is 9.88. The third-order valence-electron chi connectivity index (χ3n) is 6.39. The van der Waals surface area contributed by atoms with Crippen molar-refractivity contribution in [1.29, 1.82) is 0 Å². The van der Waals surface area contributed by atoms with Gasteiger partial charge in [0.2, 0.25) is 0 Å². The summed E-state index contributed by atoms with van der Waals surface area (Å²) in [4.78, 5) is 17.3. The summed E-state index contributed by atoms with van der Waals surface area (Å²) in [7, 11) is -3.02. The quantitative estimate of drug-likeness (QED) is 0.557. The van der Waals surface area contributed by atoms with Crippen molar-refractivity contribution in [2.45, 2.75) is 71.5 Å². The molecule has 188 valence electrons. The Kier molecular flexibility index (Phi) is 8.13. The van der Waals surface area contributed by atoms with Crippen LogP contribution in [0.15, 0.2) is 18.2 Å². The minimum absolute atomic E-state index is 0.0428. The van der Waals surface area contributed by atoms with Gasteiger partial charge >= 0.3 is 0 Å². The first-order valence-electron chi connectivity index (χ1n) is 11.8. The highest BCUT2D eigenvalue weighted by atomic mass is 35.5. The van der Waals surface area contributed by atoms with E-state index in [1.54, 1.807) is 16.7 Å². The minimum atomic E-state index is -3.02. The highest BCUT2D eigenvalue weighted by molar-refractivity contribution is 7.91. The predicted octanol–water partition coefficient (Wildman–Crippen LogP) is 5.15. The molecule has 1 heterocycles. The van der Waals surface area contributed by atoms with Crippen LogP contribution < -0.4 is 5.32 Å². The van der Waals surface area contributed by atoms with Gasteiger partial charge in [-0.1, -0.05) is 45.4 Å². The lowest BCUT2D eigenvalue weighted by Crippen LogP contribution is -2.34. The van der Waals surface area contributed by atoms with Gasteiger partial charge in [-0.05, 0) is 61.1 Å². The maximum Gasteiger partial charge on any atom is 0.273 e. The fraction of sp³-hybridized carbons (Fsp3) is 0.600. The molecule has 0 aliphatic heterocycles. The molecule has 0 spiro atoms. The van der Waals surface area contributed by atoms with Crippen molar-refractivity contribution >= 4 is 27.3 Å². The zero-order valence-electron chi connectivity index (χ0n) is 20.6. The third kappa shape index (κ3) is 6.39. The van der Waals surface area contributed by atoms with E-state index in [4.69, 9.17) is 11.6 Å². The summed E-state index contributed by atoms with van der Waals surface area (Å²) in [6.45, 7) is 8.52. The molecule has 1 aliphatic rings. The van der Waals surface area contributed by atoms with Crippen molar-refractivity contribution in [3.05, 3.63) is 46.3 Å². The van der Waals surface area contributed by atoms with E-state index in [-0.39, 0.29) is 39.2 Å². The molecule has 1 aromatic heterocycles. The maximum atomic E-state index is 14.8. The molecule has 0 radical (unpaired) electrons. The number of imidazole rings is 1. The standard InChI is InChI=1S/C25H35ClFN3O3S/c1-6-21-29-22(24(31)28-15-16-7-11-19(12-8-16)34(5,32)33)23(26)30(21)18-10-9-17(20(27)13-18)14-25(2,3)4/h9-10,13,16,19H,6-8,11-12,14-15H2,1-5H3,(H,28,31). The van der Waals surface area contributed by atoms with E-state index in [1.807, 2.05) is 6.92 Å². The van der Waals surface area contributed by atoms with E-state index in [0.717, 1.165) is 12.8 Å². The Labute approximate surface area is 207 Å². The van der Waals surface area contributed by atoms with Gasteiger partial charge in [0.05, 0.1) is 10.9 Å². The molecule has 1 fully saturated rings. The van der Waals surface area contributed by atoms with Crippen molar-refractivity contribution in [1.82, 2.24) is 14.9 Å². The Morgan fingerprint density at radius 1 is 1.24 bits per heavy atom. The fourth-order valence-electron chi connectivity index (χ4n) is 4.56. The van der Waals surface area contributed by atoms with Gasteiger partial charge in [0, 0.05) is 19.2 Å². The summed E-state index contributed by atoms with van der Waals surface area (Å²) in [5.41, 5.74) is 1.23. The summed E-state index contributed by atoms with van der Waals surface area (Å²) in [6.07, 6.45) is 5.15. The second-order valence-corrected chi connectivity index (χ2v) is 13.2. The van der Waals surface area contributed by atoms with Crippen molar-refractivity contribution in [3.63, 3.8) is 0 Å². The molecule has 34 heavy (non-hydrogen) atoms. The van der Waals surface area contributed by atoms with Crippen LogP contribution in [0.25, 0.3) is 5.69 Å². The Hall–Kier alpha value is -1.93. The van der Waals surface area contributed by atoms with Gasteiger partial charge in [0.15, 0.2) is 5.69 Å². The molecule has 1 amide bonds. The number of halogens is 2. The zero-order valence-corrected chi connectivity index (χ0v) is 22.2. The molecule has 2 aromatic rings. The number of aromatic nitrogens is 2. The van der Waals surface area contributed by atoms with Gasteiger partial charge in [0.1, 0.15) is 26.6 Å². The second-order valence-electron chi connectivity index (χ2n) is 10.6. The van der Waals surface area contributed by atoms with Crippen molar-refractivity contribution in [2.75, 3.05) is 12.8 Å². The average molecular weight is 512 g/mol. The smallest absolute Gasteiger partial charge is 0.273 e. The number of sulfone groups is 1. The summed E-state index contributed by atoms with van der Waals surface area (Å²) >= 11 is 6.58. The summed E-state index contributed by atoms with van der Waals surface area (Å²) in [6, 6.07) is 5.01. The van der Waals surface area contributed by atoms with Gasteiger partial charge in [-0.15, -0.1) is 0 Å². The largest absolute Gasteiger partial charge is 0.350 e. The Morgan fingerprint density at radius 2 is 1.88 bits per heavy atom. The van der Waals surface area contributed by atoms with Crippen LogP contribution in [0.2, 0.25) is 5.15 Å². The van der Waals surface area contributed by atoms with E-state index in [1.165, 1.54) is 12.3 Å². The topological polar surface area (TPSA) is 81.1 Å². The lowest BCUT2D eigenvalue weighted by molar-refractivity contribution is 0.0939. The zero-order chi connectivity index (χ0) is 25.3. The molecule has 1 aliphatic carbocycles. The number of carbonyl (C=O) groups excluding carboxylic acids is 1. The monoisotopic (exact) mass is 511 g/mol. The van der Waals surface area contributed by atoms with E-state index < -0.39 is 9.84 Å². The third-order valence-corrected chi connectivity index (χ3v) is 8.42. The number of amides is 1. The molecule has 0 unspecified atom stereocenters. The van der Waals surface area contributed by atoms with E-state index >= 15 is 0 Å².